The van der Waals surface area contributed by atoms with E-state index >= 15 is 0 Å². The second kappa shape index (κ2) is 8.63. The molecule has 0 heterocycles. The molecule has 0 amide bonds. The SMILES string of the molecule is CCc1ccc(C(CNc2ccc(S(C)(=O)=O)cc2S(C)(=O)=O)N(C)C)cc1. The number of hydrogen-bond acceptors (Lipinski definition) is 6. The van der Waals surface area contributed by atoms with Gasteiger partial charge in [0.1, 0.15) is 0 Å². The Balaban J connectivity index is 2.34. The number of nitrogens with one attached hydrogen (secondary N) is 1. The molecule has 2 rings (SSSR count). The molecule has 0 radical (unpaired) electrons. The molecule has 2 aromatic carbocycles. The molecule has 0 fully saturated rings. The molecular weight excluding hydrogens is 396 g/mol. The Kier molecular flexibility index (Phi) is 6.90. The molecule has 154 valence electrons. The quantitative estimate of drug-likeness (QED) is 0.702. The lowest BCUT2D eigenvalue weighted by molar-refractivity contribution is 0.311. The van der Waals surface area contributed by atoms with Crippen LogP contribution >= 0.6 is 0 Å². The summed E-state index contributed by atoms with van der Waals surface area (Å²) in [6.07, 6.45) is 3.10. The second-order valence-corrected chi connectivity index (χ2v) is 11.2. The van der Waals surface area contributed by atoms with Crippen molar-refractivity contribution < 1.29 is 16.8 Å². The maximum Gasteiger partial charge on any atom is 0.177 e. The minimum atomic E-state index is -3.60. The van der Waals surface area contributed by atoms with Crippen LogP contribution in [0.4, 0.5) is 5.69 Å². The Morgan fingerprint density at radius 2 is 1.54 bits per heavy atom. The summed E-state index contributed by atoms with van der Waals surface area (Å²) in [5.74, 6) is 0. The van der Waals surface area contributed by atoms with Gasteiger partial charge < -0.3 is 10.2 Å². The van der Waals surface area contributed by atoms with E-state index in [9.17, 15) is 16.8 Å². The van der Waals surface area contributed by atoms with Gasteiger partial charge in [0.25, 0.3) is 0 Å². The fourth-order valence-electron chi connectivity index (χ4n) is 2.97. The van der Waals surface area contributed by atoms with E-state index in [4.69, 9.17) is 0 Å². The van der Waals surface area contributed by atoms with Gasteiger partial charge in [0.2, 0.25) is 0 Å². The van der Waals surface area contributed by atoms with Crippen molar-refractivity contribution in [3.63, 3.8) is 0 Å². The fourth-order valence-corrected chi connectivity index (χ4v) is 4.57. The average molecular weight is 425 g/mol. The molecule has 0 spiro atoms. The smallest absolute Gasteiger partial charge is 0.177 e. The second-order valence-electron chi connectivity index (χ2n) is 7.16. The number of sulfone groups is 2. The van der Waals surface area contributed by atoms with E-state index in [1.807, 2.05) is 14.1 Å². The van der Waals surface area contributed by atoms with E-state index < -0.39 is 19.7 Å². The number of hydrogen-bond donors (Lipinski definition) is 1. The number of rotatable bonds is 8. The largest absolute Gasteiger partial charge is 0.382 e. The van der Waals surface area contributed by atoms with Crippen molar-refractivity contribution in [1.29, 1.82) is 0 Å². The number of benzene rings is 2. The first kappa shape index (κ1) is 22.4. The average Bonchev–Trinajstić information content (AvgIpc) is 2.60. The van der Waals surface area contributed by atoms with Crippen molar-refractivity contribution in [3.8, 4) is 0 Å². The first-order valence-corrected chi connectivity index (χ1v) is 12.7. The zero-order valence-electron chi connectivity index (χ0n) is 16.9. The first-order chi connectivity index (χ1) is 12.9. The summed E-state index contributed by atoms with van der Waals surface area (Å²) in [5, 5.41) is 3.19. The Morgan fingerprint density at radius 1 is 0.929 bits per heavy atom. The summed E-state index contributed by atoms with van der Waals surface area (Å²) >= 11 is 0. The number of aryl methyl sites for hydroxylation is 1. The van der Waals surface area contributed by atoms with Gasteiger partial charge in [-0.25, -0.2) is 16.8 Å². The molecule has 0 aliphatic rings. The fraction of sp³-hybridized carbons (Fsp3) is 0.400. The zero-order valence-corrected chi connectivity index (χ0v) is 18.6. The zero-order chi connectivity index (χ0) is 21.1. The maximum absolute atomic E-state index is 12.2. The van der Waals surface area contributed by atoms with E-state index in [0.29, 0.717) is 12.2 Å². The van der Waals surface area contributed by atoms with Crippen LogP contribution in [0.15, 0.2) is 52.3 Å². The summed E-state index contributed by atoms with van der Waals surface area (Å²) in [5.41, 5.74) is 2.76. The van der Waals surface area contributed by atoms with Gasteiger partial charge in [-0.3, -0.25) is 0 Å². The molecule has 6 nitrogen and oxygen atoms in total. The predicted molar refractivity (Wildman–Crippen MR) is 113 cm³/mol. The van der Waals surface area contributed by atoms with Gasteiger partial charge in [0.15, 0.2) is 19.7 Å². The number of anilines is 1. The van der Waals surface area contributed by atoms with Gasteiger partial charge in [0.05, 0.1) is 21.5 Å². The van der Waals surface area contributed by atoms with Crippen molar-refractivity contribution >= 4 is 25.4 Å². The van der Waals surface area contributed by atoms with Crippen LogP contribution in [-0.2, 0) is 26.1 Å². The number of nitrogens with zero attached hydrogens (tertiary/aromatic N) is 1. The van der Waals surface area contributed by atoms with Gasteiger partial charge >= 0.3 is 0 Å². The van der Waals surface area contributed by atoms with Crippen molar-refractivity contribution in [2.45, 2.75) is 29.2 Å². The Hall–Kier alpha value is -1.90. The molecular formula is C20H28N2O4S2. The van der Waals surface area contributed by atoms with Crippen molar-refractivity contribution in [1.82, 2.24) is 4.90 Å². The monoisotopic (exact) mass is 424 g/mol. The van der Waals surface area contributed by atoms with E-state index in [0.717, 1.165) is 24.5 Å². The van der Waals surface area contributed by atoms with Crippen LogP contribution in [0.3, 0.4) is 0 Å². The Bertz CT molecular complexity index is 1030. The lowest BCUT2D eigenvalue weighted by Gasteiger charge is -2.26. The molecule has 0 aromatic heterocycles. The summed E-state index contributed by atoms with van der Waals surface area (Å²) in [4.78, 5) is 2.02. The van der Waals surface area contributed by atoms with Crippen molar-refractivity contribution in [2.75, 3.05) is 38.5 Å². The van der Waals surface area contributed by atoms with Crippen LogP contribution in [0, 0.1) is 0 Å². The third-order valence-electron chi connectivity index (χ3n) is 4.66. The molecule has 2 aromatic rings. The highest BCUT2D eigenvalue weighted by Gasteiger charge is 2.20. The molecule has 8 heteroatoms. The van der Waals surface area contributed by atoms with E-state index in [1.165, 1.54) is 23.8 Å². The standard InChI is InChI=1S/C20H28N2O4S2/c1-6-15-7-9-16(10-8-15)19(22(2)3)14-21-18-12-11-17(27(4,23)24)13-20(18)28(5,25)26/h7-13,19,21H,6,14H2,1-5H3. The molecule has 1 atom stereocenters. The highest BCUT2D eigenvalue weighted by molar-refractivity contribution is 7.91. The first-order valence-electron chi connectivity index (χ1n) is 8.96. The molecule has 0 bridgehead atoms. The summed E-state index contributed by atoms with van der Waals surface area (Å²) < 4.78 is 48.0. The summed E-state index contributed by atoms with van der Waals surface area (Å²) in [7, 11) is -3.17. The van der Waals surface area contributed by atoms with Gasteiger partial charge in [-0.1, -0.05) is 31.2 Å². The molecule has 0 saturated carbocycles. The molecule has 1 N–H and O–H groups in total. The summed E-state index contributed by atoms with van der Waals surface area (Å²) in [6.45, 7) is 2.58. The minimum Gasteiger partial charge on any atom is -0.382 e. The van der Waals surface area contributed by atoms with Gasteiger partial charge in [-0.15, -0.1) is 0 Å². The number of likely N-dealkylation sites (N-methyl/N-ethyl adjacent to an activating group) is 1. The Labute approximate surface area is 168 Å². The van der Waals surface area contributed by atoms with Gasteiger partial charge in [-0.05, 0) is 49.8 Å². The molecule has 0 aliphatic carbocycles. The topological polar surface area (TPSA) is 83.5 Å². The highest BCUT2D eigenvalue weighted by atomic mass is 32.2. The summed E-state index contributed by atoms with van der Waals surface area (Å²) in [6, 6.07) is 12.5. The molecule has 28 heavy (non-hydrogen) atoms. The third-order valence-corrected chi connectivity index (χ3v) is 6.91. The lowest BCUT2D eigenvalue weighted by atomic mass is 10.0. The van der Waals surface area contributed by atoms with Crippen molar-refractivity contribution in [2.24, 2.45) is 0 Å². The molecule has 0 aliphatic heterocycles. The highest BCUT2D eigenvalue weighted by Crippen LogP contribution is 2.27. The van der Waals surface area contributed by atoms with Gasteiger partial charge in [-0.2, -0.15) is 0 Å². The third kappa shape index (κ3) is 5.56. The van der Waals surface area contributed by atoms with Crippen LogP contribution in [0.5, 0.6) is 0 Å². The Morgan fingerprint density at radius 3 is 2.00 bits per heavy atom. The molecule has 0 saturated heterocycles. The van der Waals surface area contributed by atoms with Gasteiger partial charge in [0, 0.05) is 19.1 Å². The maximum atomic E-state index is 12.2. The predicted octanol–water partition coefficient (Wildman–Crippen LogP) is 2.77. The minimum absolute atomic E-state index is 0.0159. The van der Waals surface area contributed by atoms with E-state index in [1.54, 1.807) is 0 Å². The molecule has 1 unspecified atom stereocenters. The van der Waals surface area contributed by atoms with Crippen molar-refractivity contribution in [3.05, 3.63) is 53.6 Å². The van der Waals surface area contributed by atoms with Crippen LogP contribution in [0.2, 0.25) is 0 Å². The van der Waals surface area contributed by atoms with Crippen LogP contribution < -0.4 is 5.32 Å². The van der Waals surface area contributed by atoms with E-state index in [-0.39, 0.29) is 15.8 Å². The van der Waals surface area contributed by atoms with Crippen LogP contribution in [0.25, 0.3) is 0 Å². The van der Waals surface area contributed by atoms with Crippen LogP contribution in [0.1, 0.15) is 24.1 Å². The van der Waals surface area contributed by atoms with Crippen LogP contribution in [-0.4, -0.2) is 54.9 Å². The van der Waals surface area contributed by atoms with E-state index in [2.05, 4.69) is 41.4 Å². The lowest BCUT2D eigenvalue weighted by Crippen LogP contribution is -2.27. The normalized spacial score (nSPS) is 13.5.